The highest BCUT2D eigenvalue weighted by Crippen LogP contribution is 2.33. The molecule has 0 saturated heterocycles. The van der Waals surface area contributed by atoms with Crippen molar-refractivity contribution in [3.63, 3.8) is 0 Å². The van der Waals surface area contributed by atoms with Crippen LogP contribution in [0.25, 0.3) is 11.0 Å². The molecule has 3 rings (SSSR count). The van der Waals surface area contributed by atoms with Gasteiger partial charge in [0.05, 0.1) is 12.7 Å². The number of carbonyl (C=O) groups excluding carboxylic acids is 1. The van der Waals surface area contributed by atoms with E-state index in [1.54, 1.807) is 12.3 Å². The van der Waals surface area contributed by atoms with Crippen LogP contribution in [0.1, 0.15) is 22.3 Å². The number of rotatable bonds is 3. The Morgan fingerprint density at radius 1 is 1.12 bits per heavy atom. The van der Waals surface area contributed by atoms with Gasteiger partial charge in [0.2, 0.25) is 5.91 Å². The van der Waals surface area contributed by atoms with Crippen LogP contribution < -0.4 is 5.32 Å². The molecule has 0 atom stereocenters. The van der Waals surface area contributed by atoms with Crippen LogP contribution in [0.3, 0.4) is 0 Å². The topological polar surface area (TPSA) is 42.2 Å². The quantitative estimate of drug-likeness (QED) is 0.635. The van der Waals surface area contributed by atoms with Crippen molar-refractivity contribution in [1.82, 2.24) is 0 Å². The Balaban J connectivity index is 1.85. The molecule has 0 spiro atoms. The normalized spacial score (nSPS) is 11.0. The van der Waals surface area contributed by atoms with Gasteiger partial charge >= 0.3 is 0 Å². The summed E-state index contributed by atoms with van der Waals surface area (Å²) in [6.45, 7) is 5.79. The molecular weight excluding hydrogens is 345 g/mol. The van der Waals surface area contributed by atoms with Crippen LogP contribution in [0.2, 0.25) is 10.0 Å². The molecule has 24 heavy (non-hydrogen) atoms. The molecule has 3 nitrogen and oxygen atoms in total. The van der Waals surface area contributed by atoms with E-state index in [1.807, 2.05) is 39.0 Å². The summed E-state index contributed by atoms with van der Waals surface area (Å²) in [5.74, 6) is -0.131. The van der Waals surface area contributed by atoms with Gasteiger partial charge in [-0.3, -0.25) is 4.79 Å². The van der Waals surface area contributed by atoms with Crippen molar-refractivity contribution >= 4 is 45.8 Å². The lowest BCUT2D eigenvalue weighted by molar-refractivity contribution is -0.115. The molecule has 0 aliphatic carbocycles. The molecule has 3 aromatic rings. The van der Waals surface area contributed by atoms with Crippen molar-refractivity contribution in [2.24, 2.45) is 0 Å². The molecule has 1 N–H and O–H groups in total. The van der Waals surface area contributed by atoms with Crippen molar-refractivity contribution < 1.29 is 9.21 Å². The Morgan fingerprint density at radius 2 is 1.88 bits per heavy atom. The van der Waals surface area contributed by atoms with E-state index in [0.717, 1.165) is 33.2 Å². The highest BCUT2D eigenvalue weighted by Gasteiger charge is 2.16. The molecule has 1 heterocycles. The Bertz CT molecular complexity index is 944. The fraction of sp³-hybridized carbons (Fsp3) is 0.211. The second kappa shape index (κ2) is 6.50. The molecule has 0 aliphatic heterocycles. The molecule has 0 saturated carbocycles. The second-order valence-electron chi connectivity index (χ2n) is 5.96. The zero-order valence-electron chi connectivity index (χ0n) is 13.7. The highest BCUT2D eigenvalue weighted by atomic mass is 35.5. The number of carbonyl (C=O) groups is 1. The van der Waals surface area contributed by atoms with E-state index >= 15 is 0 Å². The van der Waals surface area contributed by atoms with E-state index in [-0.39, 0.29) is 12.3 Å². The van der Waals surface area contributed by atoms with Gasteiger partial charge in [-0.15, -0.1) is 0 Å². The van der Waals surface area contributed by atoms with Gasteiger partial charge in [0.15, 0.2) is 0 Å². The van der Waals surface area contributed by atoms with Crippen LogP contribution in [0.15, 0.2) is 34.9 Å². The molecule has 1 aromatic heterocycles. The van der Waals surface area contributed by atoms with Crippen LogP contribution in [-0.2, 0) is 11.2 Å². The largest absolute Gasteiger partial charge is 0.464 e. The van der Waals surface area contributed by atoms with Gasteiger partial charge in [0, 0.05) is 26.7 Å². The minimum absolute atomic E-state index is 0.131. The Kier molecular flexibility index (Phi) is 4.57. The van der Waals surface area contributed by atoms with E-state index < -0.39 is 0 Å². The number of hydrogen-bond acceptors (Lipinski definition) is 2. The summed E-state index contributed by atoms with van der Waals surface area (Å²) >= 11 is 12.4. The van der Waals surface area contributed by atoms with Crippen LogP contribution in [0, 0.1) is 20.8 Å². The van der Waals surface area contributed by atoms with Crippen LogP contribution in [-0.4, -0.2) is 5.91 Å². The first kappa shape index (κ1) is 16.9. The average molecular weight is 362 g/mol. The molecule has 0 aliphatic rings. The number of aryl methyl sites for hydroxylation is 3. The molecule has 0 bridgehead atoms. The smallest absolute Gasteiger partial charge is 0.228 e. The van der Waals surface area contributed by atoms with Crippen molar-refractivity contribution in [1.29, 1.82) is 0 Å². The fourth-order valence-corrected chi connectivity index (χ4v) is 3.12. The van der Waals surface area contributed by atoms with Crippen LogP contribution in [0.5, 0.6) is 0 Å². The van der Waals surface area contributed by atoms with Gasteiger partial charge < -0.3 is 9.73 Å². The number of hydrogen-bond donors (Lipinski definition) is 1. The van der Waals surface area contributed by atoms with Crippen molar-refractivity contribution in [3.05, 3.63) is 62.8 Å². The maximum atomic E-state index is 12.4. The first-order valence-corrected chi connectivity index (χ1v) is 8.34. The lowest BCUT2D eigenvalue weighted by Crippen LogP contribution is -2.14. The van der Waals surface area contributed by atoms with E-state index in [4.69, 9.17) is 27.6 Å². The first-order valence-electron chi connectivity index (χ1n) is 7.58. The molecule has 5 heteroatoms. The Labute approximate surface area is 150 Å². The molecule has 0 unspecified atom stereocenters. The summed E-state index contributed by atoms with van der Waals surface area (Å²) in [5, 5.41) is 5.09. The van der Waals surface area contributed by atoms with Crippen LogP contribution in [0.4, 0.5) is 5.69 Å². The molecule has 124 valence electrons. The number of benzene rings is 2. The SMILES string of the molecule is Cc1ccc(NC(=O)Cc2coc3cc(C)c(Cl)c(C)c23)cc1Cl. The highest BCUT2D eigenvalue weighted by molar-refractivity contribution is 6.33. The average Bonchev–Trinajstić information content (AvgIpc) is 2.91. The third-order valence-corrected chi connectivity index (χ3v) is 5.09. The second-order valence-corrected chi connectivity index (χ2v) is 6.74. The van der Waals surface area contributed by atoms with Gasteiger partial charge in [-0.25, -0.2) is 0 Å². The molecule has 0 fully saturated rings. The summed E-state index contributed by atoms with van der Waals surface area (Å²) in [4.78, 5) is 12.4. The maximum Gasteiger partial charge on any atom is 0.228 e. The maximum absolute atomic E-state index is 12.4. The van der Waals surface area contributed by atoms with Crippen molar-refractivity contribution in [2.45, 2.75) is 27.2 Å². The summed E-state index contributed by atoms with van der Waals surface area (Å²) in [7, 11) is 0. The van der Waals surface area contributed by atoms with E-state index in [0.29, 0.717) is 15.7 Å². The molecule has 1 amide bonds. The minimum atomic E-state index is -0.131. The number of nitrogens with one attached hydrogen (secondary N) is 1. The number of anilines is 1. The zero-order valence-corrected chi connectivity index (χ0v) is 15.2. The number of furan rings is 1. The predicted octanol–water partition coefficient (Wildman–Crippen LogP) is 5.85. The lowest BCUT2D eigenvalue weighted by Gasteiger charge is -2.08. The van der Waals surface area contributed by atoms with E-state index in [2.05, 4.69) is 5.32 Å². The standard InChI is InChI=1S/C19H17Cl2NO2/c1-10-4-5-14(8-15(10)20)22-17(23)7-13-9-24-16-6-11(2)19(21)12(3)18(13)16/h4-6,8-9H,7H2,1-3H3,(H,22,23). The summed E-state index contributed by atoms with van der Waals surface area (Å²) in [5.41, 5.74) is 5.10. The Hall–Kier alpha value is -1.97. The first-order chi connectivity index (χ1) is 11.4. The Morgan fingerprint density at radius 3 is 2.58 bits per heavy atom. The van der Waals surface area contributed by atoms with Crippen molar-refractivity contribution in [3.8, 4) is 0 Å². The molecular formula is C19H17Cl2NO2. The van der Waals surface area contributed by atoms with E-state index in [1.165, 1.54) is 0 Å². The number of fused-ring (bicyclic) bond motifs is 1. The van der Waals surface area contributed by atoms with Gasteiger partial charge in [0.25, 0.3) is 0 Å². The lowest BCUT2D eigenvalue weighted by atomic mass is 10.0. The molecule has 2 aromatic carbocycles. The van der Waals surface area contributed by atoms with Gasteiger partial charge in [-0.2, -0.15) is 0 Å². The third-order valence-electron chi connectivity index (χ3n) is 4.10. The van der Waals surface area contributed by atoms with Gasteiger partial charge in [-0.1, -0.05) is 29.3 Å². The van der Waals surface area contributed by atoms with Crippen LogP contribution >= 0.6 is 23.2 Å². The summed E-state index contributed by atoms with van der Waals surface area (Å²) in [6.07, 6.45) is 1.83. The fourth-order valence-electron chi connectivity index (χ4n) is 2.79. The monoisotopic (exact) mass is 361 g/mol. The molecule has 0 radical (unpaired) electrons. The minimum Gasteiger partial charge on any atom is -0.464 e. The van der Waals surface area contributed by atoms with E-state index in [9.17, 15) is 4.79 Å². The number of halogens is 2. The zero-order chi connectivity index (χ0) is 17.4. The van der Waals surface area contributed by atoms with Crippen molar-refractivity contribution in [2.75, 3.05) is 5.32 Å². The predicted molar refractivity (Wildman–Crippen MR) is 99.2 cm³/mol. The van der Waals surface area contributed by atoms with Gasteiger partial charge in [-0.05, 0) is 55.7 Å². The number of amides is 1. The third kappa shape index (κ3) is 3.14. The summed E-state index contributed by atoms with van der Waals surface area (Å²) < 4.78 is 5.59. The summed E-state index contributed by atoms with van der Waals surface area (Å²) in [6, 6.07) is 7.34. The van der Waals surface area contributed by atoms with Gasteiger partial charge in [0.1, 0.15) is 5.58 Å².